The summed E-state index contributed by atoms with van der Waals surface area (Å²) in [7, 11) is 0. The summed E-state index contributed by atoms with van der Waals surface area (Å²) in [6, 6.07) is 5.08. The van der Waals surface area contributed by atoms with E-state index in [1.807, 2.05) is 6.20 Å². The Balaban J connectivity index is 1.52. The molecule has 1 aromatic heterocycles. The lowest BCUT2D eigenvalue weighted by atomic mass is 9.72. The van der Waals surface area contributed by atoms with Crippen molar-refractivity contribution in [2.24, 2.45) is 17.1 Å². The van der Waals surface area contributed by atoms with Gasteiger partial charge in [0.1, 0.15) is 0 Å². The Morgan fingerprint density at radius 2 is 1.78 bits per heavy atom. The molecule has 1 aromatic rings. The van der Waals surface area contributed by atoms with Gasteiger partial charge in [0, 0.05) is 17.7 Å². The van der Waals surface area contributed by atoms with Gasteiger partial charge in [0.05, 0.1) is 11.9 Å². The molecule has 128 valence electrons. The molecule has 0 aliphatic heterocycles. The second-order valence-electron chi connectivity index (χ2n) is 8.51. The van der Waals surface area contributed by atoms with Gasteiger partial charge < -0.3 is 11.1 Å². The molecular formula is C20H33N3. The van der Waals surface area contributed by atoms with E-state index < -0.39 is 0 Å². The molecular weight excluding hydrogens is 282 g/mol. The SMILES string of the molecule is CC1(C)CCC(c2ccc(NC3CCC(CN)CC3)cn2)CC1. The lowest BCUT2D eigenvalue weighted by Crippen LogP contribution is -2.29. The van der Waals surface area contributed by atoms with Gasteiger partial charge in [0.2, 0.25) is 0 Å². The fraction of sp³-hybridized carbons (Fsp3) is 0.750. The number of rotatable bonds is 4. The predicted molar refractivity (Wildman–Crippen MR) is 97.7 cm³/mol. The van der Waals surface area contributed by atoms with Crippen LogP contribution in [0.5, 0.6) is 0 Å². The topological polar surface area (TPSA) is 50.9 Å². The van der Waals surface area contributed by atoms with E-state index in [9.17, 15) is 0 Å². The zero-order chi connectivity index (χ0) is 16.3. The summed E-state index contributed by atoms with van der Waals surface area (Å²) in [5, 5.41) is 3.67. The summed E-state index contributed by atoms with van der Waals surface area (Å²) in [6.45, 7) is 5.63. The summed E-state index contributed by atoms with van der Waals surface area (Å²) in [4.78, 5) is 4.76. The molecule has 0 radical (unpaired) electrons. The van der Waals surface area contributed by atoms with Crippen molar-refractivity contribution in [3.05, 3.63) is 24.0 Å². The maximum absolute atomic E-state index is 5.78. The second-order valence-corrected chi connectivity index (χ2v) is 8.51. The maximum atomic E-state index is 5.78. The Kier molecular flexibility index (Phi) is 5.25. The summed E-state index contributed by atoms with van der Waals surface area (Å²) in [5.74, 6) is 1.40. The third kappa shape index (κ3) is 4.47. The third-order valence-corrected chi connectivity index (χ3v) is 6.09. The molecule has 0 atom stereocenters. The van der Waals surface area contributed by atoms with Gasteiger partial charge in [-0.15, -0.1) is 0 Å². The second kappa shape index (κ2) is 7.21. The van der Waals surface area contributed by atoms with Gasteiger partial charge in [-0.1, -0.05) is 13.8 Å². The number of hydrogen-bond acceptors (Lipinski definition) is 3. The molecule has 0 amide bonds. The quantitative estimate of drug-likeness (QED) is 0.847. The van der Waals surface area contributed by atoms with Crippen LogP contribution in [0.1, 0.15) is 76.8 Å². The molecule has 3 heteroatoms. The van der Waals surface area contributed by atoms with E-state index in [4.69, 9.17) is 10.7 Å². The highest BCUT2D eigenvalue weighted by Crippen LogP contribution is 2.41. The molecule has 0 aromatic carbocycles. The van der Waals surface area contributed by atoms with Gasteiger partial charge in [0.25, 0.3) is 0 Å². The minimum Gasteiger partial charge on any atom is -0.381 e. The Bertz CT molecular complexity index is 476. The van der Waals surface area contributed by atoms with Crippen LogP contribution in [-0.2, 0) is 0 Å². The number of pyridine rings is 1. The van der Waals surface area contributed by atoms with Crippen LogP contribution in [0.3, 0.4) is 0 Å². The first-order valence-electron chi connectivity index (χ1n) is 9.48. The average Bonchev–Trinajstić information content (AvgIpc) is 2.56. The molecule has 23 heavy (non-hydrogen) atoms. The molecule has 2 fully saturated rings. The fourth-order valence-corrected chi connectivity index (χ4v) is 4.21. The van der Waals surface area contributed by atoms with Crippen LogP contribution >= 0.6 is 0 Å². The Morgan fingerprint density at radius 3 is 2.35 bits per heavy atom. The van der Waals surface area contributed by atoms with Crippen molar-refractivity contribution in [2.75, 3.05) is 11.9 Å². The number of nitrogens with one attached hydrogen (secondary N) is 1. The highest BCUT2D eigenvalue weighted by molar-refractivity contribution is 5.42. The Hall–Kier alpha value is -1.09. The van der Waals surface area contributed by atoms with Crippen molar-refractivity contribution in [2.45, 2.75) is 77.2 Å². The standard InChI is InChI=1S/C20H33N3/c1-20(2)11-9-16(10-12-20)19-8-7-18(14-22-19)23-17-5-3-15(13-21)4-6-17/h7-8,14-17,23H,3-6,9-13,21H2,1-2H3. The molecule has 3 nitrogen and oxygen atoms in total. The zero-order valence-corrected chi connectivity index (χ0v) is 14.9. The number of anilines is 1. The highest BCUT2D eigenvalue weighted by atomic mass is 14.9. The first-order chi connectivity index (χ1) is 11.1. The molecule has 0 saturated heterocycles. The van der Waals surface area contributed by atoms with Crippen molar-refractivity contribution in [1.82, 2.24) is 4.98 Å². The molecule has 2 saturated carbocycles. The molecule has 3 rings (SSSR count). The van der Waals surface area contributed by atoms with E-state index >= 15 is 0 Å². The van der Waals surface area contributed by atoms with E-state index in [-0.39, 0.29) is 0 Å². The van der Waals surface area contributed by atoms with E-state index in [2.05, 4.69) is 31.3 Å². The Morgan fingerprint density at radius 1 is 1.09 bits per heavy atom. The smallest absolute Gasteiger partial charge is 0.0529 e. The van der Waals surface area contributed by atoms with Gasteiger partial charge in [-0.25, -0.2) is 0 Å². The zero-order valence-electron chi connectivity index (χ0n) is 14.9. The van der Waals surface area contributed by atoms with E-state index in [0.717, 1.165) is 12.5 Å². The van der Waals surface area contributed by atoms with Crippen LogP contribution in [0.2, 0.25) is 0 Å². The monoisotopic (exact) mass is 315 g/mol. The number of aromatic nitrogens is 1. The van der Waals surface area contributed by atoms with E-state index in [0.29, 0.717) is 17.4 Å². The van der Waals surface area contributed by atoms with Crippen molar-refractivity contribution in [1.29, 1.82) is 0 Å². The summed E-state index contributed by atoms with van der Waals surface area (Å²) < 4.78 is 0. The molecule has 0 bridgehead atoms. The first kappa shape index (κ1) is 16.8. The lowest BCUT2D eigenvalue weighted by molar-refractivity contribution is 0.223. The van der Waals surface area contributed by atoms with Crippen molar-refractivity contribution in [3.8, 4) is 0 Å². The fourth-order valence-electron chi connectivity index (χ4n) is 4.21. The minimum atomic E-state index is 0.528. The molecule has 2 aliphatic carbocycles. The van der Waals surface area contributed by atoms with Gasteiger partial charge in [-0.05, 0) is 81.4 Å². The van der Waals surface area contributed by atoms with Crippen molar-refractivity contribution in [3.63, 3.8) is 0 Å². The third-order valence-electron chi connectivity index (χ3n) is 6.09. The summed E-state index contributed by atoms with van der Waals surface area (Å²) in [6.07, 6.45) is 12.3. The van der Waals surface area contributed by atoms with Crippen LogP contribution in [0.4, 0.5) is 5.69 Å². The van der Waals surface area contributed by atoms with Crippen molar-refractivity contribution >= 4 is 5.69 Å². The largest absolute Gasteiger partial charge is 0.381 e. The molecule has 3 N–H and O–H groups in total. The van der Waals surface area contributed by atoms with Crippen LogP contribution in [0.15, 0.2) is 18.3 Å². The van der Waals surface area contributed by atoms with E-state index in [1.165, 1.54) is 62.7 Å². The number of hydrogen-bond donors (Lipinski definition) is 2. The summed E-state index contributed by atoms with van der Waals surface area (Å²) >= 11 is 0. The molecule has 1 heterocycles. The Labute approximate surface area is 141 Å². The predicted octanol–water partition coefficient (Wildman–Crippen LogP) is 4.69. The number of nitrogens with two attached hydrogens (primary N) is 1. The first-order valence-corrected chi connectivity index (χ1v) is 9.48. The van der Waals surface area contributed by atoms with Crippen LogP contribution < -0.4 is 11.1 Å². The van der Waals surface area contributed by atoms with Crippen molar-refractivity contribution < 1.29 is 0 Å². The van der Waals surface area contributed by atoms with Gasteiger partial charge in [0.15, 0.2) is 0 Å². The highest BCUT2D eigenvalue weighted by Gasteiger charge is 2.28. The van der Waals surface area contributed by atoms with Crippen LogP contribution in [0, 0.1) is 11.3 Å². The van der Waals surface area contributed by atoms with Crippen LogP contribution in [0.25, 0.3) is 0 Å². The molecule has 0 unspecified atom stereocenters. The van der Waals surface area contributed by atoms with Crippen LogP contribution in [-0.4, -0.2) is 17.6 Å². The normalized spacial score (nSPS) is 28.5. The van der Waals surface area contributed by atoms with E-state index in [1.54, 1.807) is 0 Å². The van der Waals surface area contributed by atoms with Gasteiger partial charge >= 0.3 is 0 Å². The maximum Gasteiger partial charge on any atom is 0.0529 e. The minimum absolute atomic E-state index is 0.528. The van der Waals surface area contributed by atoms with Gasteiger partial charge in [-0.2, -0.15) is 0 Å². The average molecular weight is 316 g/mol. The van der Waals surface area contributed by atoms with Gasteiger partial charge in [-0.3, -0.25) is 4.98 Å². The lowest BCUT2D eigenvalue weighted by Gasteiger charge is -2.34. The number of nitrogens with zero attached hydrogens (tertiary/aromatic N) is 1. The summed E-state index contributed by atoms with van der Waals surface area (Å²) in [5.41, 5.74) is 8.77. The molecule has 2 aliphatic rings. The molecule has 0 spiro atoms.